The molecule has 0 aliphatic carbocycles. The molecular weight excluding hydrogens is 356 g/mol. The Labute approximate surface area is 162 Å². The van der Waals surface area contributed by atoms with Gasteiger partial charge in [-0.3, -0.25) is 9.78 Å². The average Bonchev–Trinajstić information content (AvgIpc) is 2.72. The number of esters is 1. The van der Waals surface area contributed by atoms with Gasteiger partial charge in [0, 0.05) is 23.2 Å². The van der Waals surface area contributed by atoms with Crippen LogP contribution in [0.15, 0.2) is 66.9 Å². The number of amides is 1. The van der Waals surface area contributed by atoms with Crippen LogP contribution in [0.1, 0.15) is 12.5 Å². The summed E-state index contributed by atoms with van der Waals surface area (Å²) < 4.78 is 10.5. The Bertz CT molecular complexity index is 1010. The fourth-order valence-corrected chi connectivity index (χ4v) is 2.64. The van der Waals surface area contributed by atoms with E-state index in [1.165, 1.54) is 6.08 Å². The molecule has 0 saturated heterocycles. The van der Waals surface area contributed by atoms with Crippen LogP contribution in [0.3, 0.4) is 0 Å². The van der Waals surface area contributed by atoms with Crippen molar-refractivity contribution in [2.45, 2.75) is 6.92 Å². The van der Waals surface area contributed by atoms with Crippen molar-refractivity contribution in [3.8, 4) is 5.75 Å². The predicted molar refractivity (Wildman–Crippen MR) is 108 cm³/mol. The normalized spacial score (nSPS) is 10.8. The van der Waals surface area contributed by atoms with E-state index in [1.54, 1.807) is 30.5 Å². The lowest BCUT2D eigenvalue weighted by Gasteiger charge is -2.11. The van der Waals surface area contributed by atoms with Gasteiger partial charge in [-0.05, 0) is 31.2 Å². The Balaban J connectivity index is 1.57. The molecule has 1 N–H and O–H groups in total. The van der Waals surface area contributed by atoms with E-state index in [-0.39, 0.29) is 0 Å². The molecule has 1 amide bonds. The minimum absolute atomic E-state index is 0.391. The van der Waals surface area contributed by atoms with Crippen LogP contribution in [0.4, 0.5) is 5.69 Å². The number of nitrogens with zero attached hydrogens (tertiary/aromatic N) is 1. The summed E-state index contributed by atoms with van der Waals surface area (Å²) in [6.07, 6.45) is 4.60. The van der Waals surface area contributed by atoms with Gasteiger partial charge in [-0.2, -0.15) is 0 Å². The Morgan fingerprint density at radius 2 is 1.89 bits per heavy atom. The summed E-state index contributed by atoms with van der Waals surface area (Å²) in [5.41, 5.74) is 2.12. The van der Waals surface area contributed by atoms with E-state index in [2.05, 4.69) is 10.3 Å². The molecule has 3 rings (SSSR count). The van der Waals surface area contributed by atoms with Gasteiger partial charge in [0.25, 0.3) is 5.91 Å². The summed E-state index contributed by atoms with van der Waals surface area (Å²) in [6.45, 7) is 1.95. The summed E-state index contributed by atoms with van der Waals surface area (Å²) in [4.78, 5) is 28.3. The van der Waals surface area contributed by atoms with Crippen molar-refractivity contribution >= 4 is 34.5 Å². The van der Waals surface area contributed by atoms with Gasteiger partial charge in [-0.25, -0.2) is 4.79 Å². The van der Waals surface area contributed by atoms with E-state index in [0.717, 1.165) is 16.5 Å². The lowest BCUT2D eigenvalue weighted by atomic mass is 10.1. The van der Waals surface area contributed by atoms with Crippen LogP contribution in [0.5, 0.6) is 5.75 Å². The molecule has 142 valence electrons. The topological polar surface area (TPSA) is 77.5 Å². The van der Waals surface area contributed by atoms with Gasteiger partial charge in [0.1, 0.15) is 5.75 Å². The minimum Gasteiger partial charge on any atom is -0.492 e. The zero-order valence-electron chi connectivity index (χ0n) is 15.4. The third-order valence-electron chi connectivity index (χ3n) is 3.87. The van der Waals surface area contributed by atoms with Gasteiger partial charge in [0.05, 0.1) is 17.8 Å². The molecule has 0 unspecified atom stereocenters. The highest BCUT2D eigenvalue weighted by Crippen LogP contribution is 2.23. The van der Waals surface area contributed by atoms with Crippen molar-refractivity contribution in [3.63, 3.8) is 0 Å². The second-order valence-electron chi connectivity index (χ2n) is 5.84. The van der Waals surface area contributed by atoms with Gasteiger partial charge in [-0.1, -0.05) is 36.4 Å². The number of pyridine rings is 1. The minimum atomic E-state index is -0.610. The first-order chi connectivity index (χ1) is 13.7. The molecule has 0 spiro atoms. The smallest absolute Gasteiger partial charge is 0.331 e. The molecule has 0 aliphatic heterocycles. The van der Waals surface area contributed by atoms with Crippen molar-refractivity contribution < 1.29 is 19.1 Å². The first-order valence-corrected chi connectivity index (χ1v) is 8.87. The zero-order chi connectivity index (χ0) is 19.8. The van der Waals surface area contributed by atoms with Gasteiger partial charge in [0.2, 0.25) is 0 Å². The molecule has 0 fully saturated rings. The zero-order valence-corrected chi connectivity index (χ0v) is 15.4. The Kier molecular flexibility index (Phi) is 6.36. The molecule has 0 atom stereocenters. The summed E-state index contributed by atoms with van der Waals surface area (Å²) in [7, 11) is 0. The summed E-state index contributed by atoms with van der Waals surface area (Å²) in [5, 5.41) is 3.65. The number of anilines is 1. The molecule has 6 nitrogen and oxygen atoms in total. The van der Waals surface area contributed by atoms with Crippen LogP contribution in [-0.4, -0.2) is 30.1 Å². The number of fused-ring (bicyclic) bond motifs is 1. The maximum Gasteiger partial charge on any atom is 0.331 e. The molecular formula is C22H20N2O4. The molecule has 0 aliphatic rings. The number of ether oxygens (including phenoxy) is 2. The SMILES string of the molecule is CCOc1ccccc1NC(=O)COC(=O)/C=C/c1cccc2cccnc12. The quantitative estimate of drug-likeness (QED) is 0.501. The van der Waals surface area contributed by atoms with Gasteiger partial charge in [-0.15, -0.1) is 0 Å². The van der Waals surface area contributed by atoms with E-state index >= 15 is 0 Å². The molecule has 2 aromatic carbocycles. The Morgan fingerprint density at radius 3 is 2.75 bits per heavy atom. The first kappa shape index (κ1) is 19.1. The highest BCUT2D eigenvalue weighted by atomic mass is 16.5. The van der Waals surface area contributed by atoms with Crippen LogP contribution in [0.25, 0.3) is 17.0 Å². The second-order valence-corrected chi connectivity index (χ2v) is 5.84. The fraction of sp³-hybridized carbons (Fsp3) is 0.136. The summed E-state index contributed by atoms with van der Waals surface area (Å²) >= 11 is 0. The van der Waals surface area contributed by atoms with Crippen LogP contribution in [-0.2, 0) is 14.3 Å². The number of carbonyl (C=O) groups excluding carboxylic acids is 2. The lowest BCUT2D eigenvalue weighted by molar-refractivity contribution is -0.142. The number of nitrogens with one attached hydrogen (secondary N) is 1. The molecule has 1 aromatic heterocycles. The van der Waals surface area contributed by atoms with E-state index in [4.69, 9.17) is 9.47 Å². The highest BCUT2D eigenvalue weighted by molar-refractivity contribution is 5.96. The summed E-state index contributed by atoms with van der Waals surface area (Å²) in [5.74, 6) is -0.491. The fourth-order valence-electron chi connectivity index (χ4n) is 2.64. The molecule has 28 heavy (non-hydrogen) atoms. The number of carbonyl (C=O) groups is 2. The highest BCUT2D eigenvalue weighted by Gasteiger charge is 2.09. The molecule has 0 bridgehead atoms. The van der Waals surface area contributed by atoms with E-state index in [1.807, 2.05) is 43.3 Å². The van der Waals surface area contributed by atoms with Crippen molar-refractivity contribution in [1.29, 1.82) is 0 Å². The Hall–Kier alpha value is -3.67. The third-order valence-corrected chi connectivity index (χ3v) is 3.87. The number of rotatable bonds is 7. The van der Waals surface area contributed by atoms with Crippen molar-refractivity contribution in [2.24, 2.45) is 0 Å². The largest absolute Gasteiger partial charge is 0.492 e. The standard InChI is InChI=1S/C22H20N2O4/c1-2-27-19-11-4-3-10-18(19)24-20(25)15-28-21(26)13-12-17-8-5-7-16-9-6-14-23-22(16)17/h3-14H,2,15H2,1H3,(H,24,25)/b13-12+. The molecule has 6 heteroatoms. The monoisotopic (exact) mass is 376 g/mol. The van der Waals surface area contributed by atoms with Crippen molar-refractivity contribution in [1.82, 2.24) is 4.98 Å². The number of benzene rings is 2. The average molecular weight is 376 g/mol. The molecule has 0 radical (unpaired) electrons. The van der Waals surface area contributed by atoms with Gasteiger partial charge in [0.15, 0.2) is 6.61 Å². The molecule has 3 aromatic rings. The van der Waals surface area contributed by atoms with Crippen molar-refractivity contribution in [2.75, 3.05) is 18.5 Å². The summed E-state index contributed by atoms with van der Waals surface area (Å²) in [6, 6.07) is 16.6. The number of aromatic nitrogens is 1. The van der Waals surface area contributed by atoms with Gasteiger partial charge >= 0.3 is 5.97 Å². The van der Waals surface area contributed by atoms with E-state index in [0.29, 0.717) is 18.0 Å². The van der Waals surface area contributed by atoms with E-state index < -0.39 is 18.5 Å². The maximum absolute atomic E-state index is 12.0. The number of hydrogen-bond acceptors (Lipinski definition) is 5. The molecule has 1 heterocycles. The first-order valence-electron chi connectivity index (χ1n) is 8.87. The van der Waals surface area contributed by atoms with Crippen LogP contribution >= 0.6 is 0 Å². The third kappa shape index (κ3) is 4.94. The van der Waals surface area contributed by atoms with Gasteiger partial charge < -0.3 is 14.8 Å². The van der Waals surface area contributed by atoms with Crippen LogP contribution in [0, 0.1) is 0 Å². The van der Waals surface area contributed by atoms with Crippen LogP contribution in [0.2, 0.25) is 0 Å². The second kappa shape index (κ2) is 9.32. The predicted octanol–water partition coefficient (Wildman–Crippen LogP) is 3.83. The maximum atomic E-state index is 12.0. The number of hydrogen-bond donors (Lipinski definition) is 1. The lowest BCUT2D eigenvalue weighted by Crippen LogP contribution is -2.20. The van der Waals surface area contributed by atoms with E-state index in [9.17, 15) is 9.59 Å². The molecule has 0 saturated carbocycles. The Morgan fingerprint density at radius 1 is 1.07 bits per heavy atom. The van der Waals surface area contributed by atoms with Crippen LogP contribution < -0.4 is 10.1 Å². The number of para-hydroxylation sites is 3. The van der Waals surface area contributed by atoms with Crippen molar-refractivity contribution in [3.05, 3.63) is 72.4 Å².